The lowest BCUT2D eigenvalue weighted by atomic mass is 9.83. The van der Waals surface area contributed by atoms with Crippen molar-refractivity contribution in [1.82, 2.24) is 0 Å². The van der Waals surface area contributed by atoms with Gasteiger partial charge in [-0.3, -0.25) is 0 Å². The van der Waals surface area contributed by atoms with Crippen LogP contribution in [0.4, 0.5) is 0 Å². The molecule has 0 aliphatic heterocycles. The summed E-state index contributed by atoms with van der Waals surface area (Å²) in [7, 11) is 0. The van der Waals surface area contributed by atoms with Crippen molar-refractivity contribution in [2.24, 2.45) is 0 Å². The maximum atomic E-state index is 9.90. The molecule has 0 fully saturated rings. The third-order valence-corrected chi connectivity index (χ3v) is 9.09. The van der Waals surface area contributed by atoms with Gasteiger partial charge in [0.2, 0.25) is 0 Å². The molecule has 0 saturated heterocycles. The number of furan rings is 1. The zero-order chi connectivity index (χ0) is 43.6. The van der Waals surface area contributed by atoms with E-state index < -0.39 is 101 Å². The predicted octanol–water partition coefficient (Wildman–Crippen LogP) is 13.7. The van der Waals surface area contributed by atoms with Crippen molar-refractivity contribution in [3.8, 4) is 44.5 Å². The second kappa shape index (κ2) is 11.1. The minimum absolute atomic E-state index is 0.123. The van der Waals surface area contributed by atoms with Crippen LogP contribution in [-0.4, -0.2) is 0 Å². The van der Waals surface area contributed by atoms with Crippen molar-refractivity contribution in [3.63, 3.8) is 0 Å². The van der Waals surface area contributed by atoms with Crippen molar-refractivity contribution < 1.29 is 22.2 Å². The lowest BCUT2D eigenvalue weighted by Crippen LogP contribution is -1.92. The van der Waals surface area contributed by atoms with E-state index in [4.69, 9.17) is 18.1 Å². The fourth-order valence-electron chi connectivity index (χ4n) is 7.04. The van der Waals surface area contributed by atoms with Crippen LogP contribution in [0.25, 0.3) is 98.8 Å². The maximum Gasteiger partial charge on any atom is 0.143 e. The molecule has 0 saturated carbocycles. The Hall–Kier alpha value is -6.44. The Balaban J connectivity index is 1.40. The summed E-state index contributed by atoms with van der Waals surface area (Å²) in [5.74, 6) is 0. The van der Waals surface area contributed by atoms with E-state index >= 15 is 0 Å². The molecule has 1 heteroatoms. The van der Waals surface area contributed by atoms with Crippen molar-refractivity contribution in [1.29, 1.82) is 0 Å². The Kier molecular flexibility index (Phi) is 3.99. The van der Waals surface area contributed by atoms with E-state index in [0.29, 0.717) is 32.7 Å². The first kappa shape index (κ1) is 17.6. The van der Waals surface area contributed by atoms with Gasteiger partial charge in [0, 0.05) is 16.2 Å². The zero-order valence-corrected chi connectivity index (χ0v) is 25.7. The Morgan fingerprint density at radius 3 is 1.53 bits per heavy atom. The van der Waals surface area contributed by atoms with Crippen LogP contribution in [0, 0.1) is 0 Å². The van der Waals surface area contributed by atoms with Crippen LogP contribution >= 0.6 is 0 Å². The Labute approximate surface area is 302 Å². The Morgan fingerprint density at radius 1 is 0.388 bits per heavy atom. The molecule has 1 heterocycles. The molecule has 0 unspecified atom stereocenters. The average molecular weight is 636 g/mol. The summed E-state index contributed by atoms with van der Waals surface area (Å²) < 4.78 is 122. The first-order valence-corrected chi connectivity index (χ1v) is 15.8. The topological polar surface area (TPSA) is 13.1 Å². The highest BCUT2D eigenvalue weighted by molar-refractivity contribution is 6.27. The summed E-state index contributed by atoms with van der Waals surface area (Å²) in [6.07, 6.45) is 0. The third kappa shape index (κ3) is 4.40. The van der Waals surface area contributed by atoms with Crippen LogP contribution in [0.1, 0.15) is 17.8 Å². The van der Waals surface area contributed by atoms with Gasteiger partial charge in [0.15, 0.2) is 0 Å². The van der Waals surface area contributed by atoms with E-state index in [1.54, 1.807) is 0 Å². The van der Waals surface area contributed by atoms with Gasteiger partial charge in [-0.15, -0.1) is 0 Å². The smallest absolute Gasteiger partial charge is 0.143 e. The van der Waals surface area contributed by atoms with E-state index in [-0.39, 0.29) is 5.56 Å². The van der Waals surface area contributed by atoms with Gasteiger partial charge in [-0.1, -0.05) is 151 Å². The zero-order valence-electron chi connectivity index (χ0n) is 38.7. The molecule has 0 bridgehead atoms. The number of benzene rings is 9. The van der Waals surface area contributed by atoms with Crippen molar-refractivity contribution >= 4 is 54.3 Å². The van der Waals surface area contributed by atoms with Crippen LogP contribution in [-0.2, 0) is 0 Å². The van der Waals surface area contributed by atoms with Gasteiger partial charge >= 0.3 is 0 Å². The van der Waals surface area contributed by atoms with Crippen molar-refractivity contribution in [2.75, 3.05) is 0 Å². The first-order valence-electron chi connectivity index (χ1n) is 22.3. The van der Waals surface area contributed by atoms with Gasteiger partial charge in [-0.25, -0.2) is 0 Å². The second-order valence-electron chi connectivity index (χ2n) is 11.8. The minimum Gasteiger partial charge on any atom is -0.455 e. The standard InChI is InChI=1S/C48H30O/c1-3-14-31(15-4-1)34-28-35(32-16-5-2-6-17-32)30-36(29-34)45-38-20-9-11-22-40(38)46(41-23-12-10-21-39(41)45)42-24-13-25-44-47(42)43-27-26-33-18-7-8-19-37(33)48(43)49-44/h1-30H/i1D,2D,3D,4D,5D,6D,14D,15D,16D,17D,28D,29D,30D. The van der Waals surface area contributed by atoms with Gasteiger partial charge in [0.1, 0.15) is 11.2 Å². The van der Waals surface area contributed by atoms with Crippen LogP contribution in [0.2, 0.25) is 0 Å². The normalized spacial score (nSPS) is 15.4. The fraction of sp³-hybridized carbons (Fsp3) is 0. The molecule has 0 aliphatic carbocycles. The fourth-order valence-corrected chi connectivity index (χ4v) is 7.04. The molecule has 10 rings (SSSR count). The van der Waals surface area contributed by atoms with E-state index in [9.17, 15) is 4.11 Å². The number of hydrogen-bond acceptors (Lipinski definition) is 1. The molecule has 0 atom stereocenters. The molecule has 228 valence electrons. The maximum absolute atomic E-state index is 9.90. The Morgan fingerprint density at radius 2 is 0.918 bits per heavy atom. The number of hydrogen-bond donors (Lipinski definition) is 0. The molecule has 0 spiro atoms. The highest BCUT2D eigenvalue weighted by atomic mass is 16.3. The molecule has 0 radical (unpaired) electrons. The molecule has 0 aliphatic rings. The molecule has 0 amide bonds. The highest BCUT2D eigenvalue weighted by Crippen LogP contribution is 2.48. The van der Waals surface area contributed by atoms with Gasteiger partial charge in [-0.05, 0) is 102 Å². The molecule has 10 aromatic rings. The largest absolute Gasteiger partial charge is 0.455 e. The molecule has 1 nitrogen and oxygen atoms in total. The van der Waals surface area contributed by atoms with Crippen LogP contribution in [0.15, 0.2) is 186 Å². The van der Waals surface area contributed by atoms with E-state index in [1.807, 2.05) is 97.1 Å². The SMILES string of the molecule is [2H]c1c([2H])c([2H])c(-c2c([2H])c(-c3c([2H])c([2H])c([2H])c([2H])c3[2H])c([2H])c(-c3c4ccccc4c(-c4cccc5oc6c7ccccc7ccc6c45)c4ccccc34)c2[2H])c([2H])c1[2H]. The summed E-state index contributed by atoms with van der Waals surface area (Å²) in [5, 5.41) is 6.34. The summed E-state index contributed by atoms with van der Waals surface area (Å²) >= 11 is 0. The quantitative estimate of drug-likeness (QED) is 0.175. The Bertz CT molecular complexity index is 3420. The third-order valence-electron chi connectivity index (χ3n) is 9.09. The van der Waals surface area contributed by atoms with E-state index in [1.165, 1.54) is 0 Å². The molecule has 9 aromatic carbocycles. The number of rotatable bonds is 4. The summed E-state index contributed by atoms with van der Waals surface area (Å²) in [4.78, 5) is 0. The van der Waals surface area contributed by atoms with Crippen LogP contribution < -0.4 is 0 Å². The van der Waals surface area contributed by atoms with Gasteiger partial charge in [-0.2, -0.15) is 0 Å². The highest BCUT2D eigenvalue weighted by Gasteiger charge is 2.21. The molecule has 0 N–H and O–H groups in total. The molecular formula is C48H30O. The molecular weight excluding hydrogens is 593 g/mol. The van der Waals surface area contributed by atoms with Crippen molar-refractivity contribution in [3.05, 3.63) is 182 Å². The molecule has 1 aromatic heterocycles. The average Bonchev–Trinajstić information content (AvgIpc) is 3.68. The lowest BCUT2D eigenvalue weighted by molar-refractivity contribution is 0.673. The number of fused-ring (bicyclic) bond motifs is 7. The van der Waals surface area contributed by atoms with Crippen molar-refractivity contribution in [2.45, 2.75) is 0 Å². The minimum atomic E-state index is -0.713. The second-order valence-corrected chi connectivity index (χ2v) is 11.8. The van der Waals surface area contributed by atoms with Gasteiger partial charge < -0.3 is 4.42 Å². The van der Waals surface area contributed by atoms with Crippen LogP contribution in [0.3, 0.4) is 0 Å². The monoisotopic (exact) mass is 635 g/mol. The van der Waals surface area contributed by atoms with Gasteiger partial charge in [0.05, 0.1) is 17.8 Å². The van der Waals surface area contributed by atoms with E-state index in [0.717, 1.165) is 38.3 Å². The lowest BCUT2D eigenvalue weighted by Gasteiger charge is -2.19. The van der Waals surface area contributed by atoms with Gasteiger partial charge in [0.25, 0.3) is 0 Å². The summed E-state index contributed by atoms with van der Waals surface area (Å²) in [6, 6.07) is 24.1. The van der Waals surface area contributed by atoms with E-state index in [2.05, 4.69) is 6.07 Å². The predicted molar refractivity (Wildman–Crippen MR) is 208 cm³/mol. The summed E-state index contributed by atoms with van der Waals surface area (Å²) in [6.45, 7) is 0. The first-order chi connectivity index (χ1) is 29.7. The van der Waals surface area contributed by atoms with Crippen LogP contribution in [0.5, 0.6) is 0 Å². The summed E-state index contributed by atoms with van der Waals surface area (Å²) in [5.41, 5.74) is 1.43. The molecule has 49 heavy (non-hydrogen) atoms.